The summed E-state index contributed by atoms with van der Waals surface area (Å²) >= 11 is 0. The minimum Gasteiger partial charge on any atom is -0.462 e. The van der Waals surface area contributed by atoms with Crippen molar-refractivity contribution in [1.29, 1.82) is 0 Å². The lowest BCUT2D eigenvalue weighted by Crippen LogP contribution is -2.15. The van der Waals surface area contributed by atoms with Crippen molar-refractivity contribution in [2.45, 2.75) is 65.9 Å². The molecular formula is C21H34O5. The van der Waals surface area contributed by atoms with E-state index >= 15 is 0 Å². The predicted octanol–water partition coefficient (Wildman–Crippen LogP) is 5.03. The van der Waals surface area contributed by atoms with Crippen LogP contribution in [0.15, 0.2) is 24.3 Å². The van der Waals surface area contributed by atoms with Gasteiger partial charge in [-0.25, -0.2) is 9.59 Å². The van der Waals surface area contributed by atoms with Crippen LogP contribution in [0.5, 0.6) is 0 Å². The highest BCUT2D eigenvalue weighted by Gasteiger charge is 2.18. The summed E-state index contributed by atoms with van der Waals surface area (Å²) in [4.78, 5) is 23.9. The number of hydrogen-bond acceptors (Lipinski definition) is 5. The van der Waals surface area contributed by atoms with Crippen LogP contribution < -0.4 is 0 Å². The van der Waals surface area contributed by atoms with Crippen molar-refractivity contribution in [3.05, 3.63) is 35.4 Å². The molecule has 0 saturated carbocycles. The highest BCUT2D eigenvalue weighted by molar-refractivity contribution is 6.03. The molecule has 0 saturated heterocycles. The average molecular weight is 366 g/mol. The van der Waals surface area contributed by atoms with Crippen LogP contribution in [0.1, 0.15) is 81.0 Å². The first-order chi connectivity index (χ1) is 12.3. The lowest BCUT2D eigenvalue weighted by Gasteiger charge is -2.14. The zero-order valence-corrected chi connectivity index (χ0v) is 17.1. The van der Waals surface area contributed by atoms with Crippen LogP contribution in [0.25, 0.3) is 0 Å². The van der Waals surface area contributed by atoms with Crippen molar-refractivity contribution >= 4 is 11.9 Å². The predicted molar refractivity (Wildman–Crippen MR) is 104 cm³/mol. The highest BCUT2D eigenvalue weighted by atomic mass is 16.5. The molecule has 1 rings (SSSR count). The Morgan fingerprint density at radius 1 is 0.846 bits per heavy atom. The first-order valence-electron chi connectivity index (χ1n) is 9.25. The van der Waals surface area contributed by atoms with Gasteiger partial charge in [-0.1, -0.05) is 38.8 Å². The summed E-state index contributed by atoms with van der Waals surface area (Å²) in [6.07, 6.45) is 3.53. The maximum Gasteiger partial charge on any atom is 0.339 e. The Balaban J connectivity index is 0.000000896. The number of carbonyl (C=O) groups excluding carboxylic acids is 2. The second-order valence-electron chi connectivity index (χ2n) is 6.84. The Hall–Kier alpha value is -1.88. The van der Waals surface area contributed by atoms with E-state index in [4.69, 9.17) is 14.2 Å². The molecule has 0 unspecified atom stereocenters. The molecule has 0 aliphatic rings. The SMILES string of the molecule is CCCCOC(=O)c1ccccc1C(=O)OCCCC.COC(C)(C)C. The fraction of sp³-hybridized carbons (Fsp3) is 0.619. The zero-order valence-electron chi connectivity index (χ0n) is 17.1. The summed E-state index contributed by atoms with van der Waals surface area (Å²) in [5.74, 6) is -0.942. The molecule has 0 spiro atoms. The van der Waals surface area contributed by atoms with E-state index in [1.165, 1.54) is 0 Å². The van der Waals surface area contributed by atoms with Crippen molar-refractivity contribution in [3.63, 3.8) is 0 Å². The van der Waals surface area contributed by atoms with Gasteiger partial charge in [0.25, 0.3) is 0 Å². The molecule has 0 heterocycles. The van der Waals surface area contributed by atoms with E-state index in [0.717, 1.165) is 25.7 Å². The van der Waals surface area contributed by atoms with E-state index in [-0.39, 0.29) is 16.7 Å². The number of benzene rings is 1. The molecule has 5 nitrogen and oxygen atoms in total. The summed E-state index contributed by atoms with van der Waals surface area (Å²) < 4.78 is 15.2. The molecule has 0 aliphatic carbocycles. The van der Waals surface area contributed by atoms with E-state index in [2.05, 4.69) is 0 Å². The molecule has 0 aliphatic heterocycles. The first kappa shape index (κ1) is 24.1. The summed E-state index contributed by atoms with van der Waals surface area (Å²) in [6.45, 7) is 10.8. The Kier molecular flexibility index (Phi) is 12.4. The molecule has 0 fully saturated rings. The molecule has 26 heavy (non-hydrogen) atoms. The van der Waals surface area contributed by atoms with Crippen LogP contribution in [-0.2, 0) is 14.2 Å². The molecule has 0 amide bonds. The Bertz CT molecular complexity index is 490. The van der Waals surface area contributed by atoms with Crippen LogP contribution >= 0.6 is 0 Å². The first-order valence-corrected chi connectivity index (χ1v) is 9.25. The lowest BCUT2D eigenvalue weighted by atomic mass is 10.1. The van der Waals surface area contributed by atoms with Gasteiger partial charge in [0.15, 0.2) is 0 Å². The third kappa shape index (κ3) is 10.9. The quantitative estimate of drug-likeness (QED) is 0.477. The van der Waals surface area contributed by atoms with Crippen molar-refractivity contribution < 1.29 is 23.8 Å². The van der Waals surface area contributed by atoms with Gasteiger partial charge in [0, 0.05) is 7.11 Å². The third-order valence-corrected chi connectivity index (χ3v) is 3.44. The summed E-state index contributed by atoms with van der Waals surface area (Å²) in [7, 11) is 1.71. The normalized spacial score (nSPS) is 10.5. The second kappa shape index (κ2) is 13.3. The molecule has 1 aromatic carbocycles. The van der Waals surface area contributed by atoms with Crippen molar-refractivity contribution in [1.82, 2.24) is 0 Å². The monoisotopic (exact) mass is 366 g/mol. The minimum atomic E-state index is -0.471. The van der Waals surface area contributed by atoms with Crippen LogP contribution in [0, 0.1) is 0 Å². The Labute approximate surface area is 158 Å². The van der Waals surface area contributed by atoms with Gasteiger partial charge in [-0.3, -0.25) is 0 Å². The highest BCUT2D eigenvalue weighted by Crippen LogP contribution is 2.12. The summed E-state index contributed by atoms with van der Waals surface area (Å²) in [5.41, 5.74) is 0.579. The standard InChI is InChI=1S/C16H22O4.C5H12O/c1-3-5-11-19-15(17)13-9-7-8-10-14(13)16(18)20-12-6-4-2;1-5(2,3)6-4/h7-10H,3-6,11-12H2,1-2H3;1-4H3. The van der Waals surface area contributed by atoms with E-state index < -0.39 is 11.9 Å². The van der Waals surface area contributed by atoms with Crippen LogP contribution in [0.3, 0.4) is 0 Å². The molecule has 1 aromatic rings. The number of unbranched alkanes of at least 4 members (excludes halogenated alkanes) is 2. The topological polar surface area (TPSA) is 61.8 Å². The zero-order chi connectivity index (χ0) is 20.0. The van der Waals surface area contributed by atoms with Gasteiger partial charge < -0.3 is 14.2 Å². The fourth-order valence-corrected chi connectivity index (χ4v) is 1.61. The molecule has 0 N–H and O–H groups in total. The van der Waals surface area contributed by atoms with Crippen molar-refractivity contribution in [3.8, 4) is 0 Å². The van der Waals surface area contributed by atoms with Gasteiger partial charge in [-0.05, 0) is 45.7 Å². The minimum absolute atomic E-state index is 0.0417. The van der Waals surface area contributed by atoms with E-state index in [9.17, 15) is 9.59 Å². The van der Waals surface area contributed by atoms with Crippen molar-refractivity contribution in [2.24, 2.45) is 0 Å². The van der Waals surface area contributed by atoms with Gasteiger partial charge in [0.05, 0.1) is 29.9 Å². The van der Waals surface area contributed by atoms with E-state index in [1.807, 2.05) is 34.6 Å². The van der Waals surface area contributed by atoms with E-state index in [1.54, 1.807) is 31.4 Å². The largest absolute Gasteiger partial charge is 0.462 e. The van der Waals surface area contributed by atoms with Crippen LogP contribution in [-0.4, -0.2) is 37.9 Å². The second-order valence-corrected chi connectivity index (χ2v) is 6.84. The summed E-state index contributed by atoms with van der Waals surface area (Å²) in [6, 6.07) is 6.59. The number of hydrogen-bond donors (Lipinski definition) is 0. The average Bonchev–Trinajstić information content (AvgIpc) is 2.62. The summed E-state index contributed by atoms with van der Waals surface area (Å²) in [5, 5.41) is 0. The molecule has 0 atom stereocenters. The number of rotatable bonds is 8. The van der Waals surface area contributed by atoms with Gasteiger partial charge in [-0.15, -0.1) is 0 Å². The number of carbonyl (C=O) groups is 2. The van der Waals surface area contributed by atoms with Gasteiger partial charge in [0.2, 0.25) is 0 Å². The molecule has 5 heteroatoms. The maximum absolute atomic E-state index is 11.9. The maximum atomic E-state index is 11.9. The number of methoxy groups -OCH3 is 1. The van der Waals surface area contributed by atoms with Crippen LogP contribution in [0.2, 0.25) is 0 Å². The third-order valence-electron chi connectivity index (χ3n) is 3.44. The molecule has 0 aromatic heterocycles. The van der Waals surface area contributed by atoms with Gasteiger partial charge >= 0.3 is 11.9 Å². The van der Waals surface area contributed by atoms with Gasteiger partial charge in [0.1, 0.15) is 0 Å². The lowest BCUT2D eigenvalue weighted by molar-refractivity contribution is 0.0397. The fourth-order valence-electron chi connectivity index (χ4n) is 1.61. The van der Waals surface area contributed by atoms with Crippen molar-refractivity contribution in [2.75, 3.05) is 20.3 Å². The molecule has 148 valence electrons. The molecule has 0 radical (unpaired) electrons. The molecule has 0 bridgehead atoms. The Morgan fingerprint density at radius 3 is 1.46 bits per heavy atom. The van der Waals surface area contributed by atoms with E-state index in [0.29, 0.717) is 13.2 Å². The number of ether oxygens (including phenoxy) is 3. The van der Waals surface area contributed by atoms with Gasteiger partial charge in [-0.2, -0.15) is 0 Å². The van der Waals surface area contributed by atoms with Crippen LogP contribution in [0.4, 0.5) is 0 Å². The molecular weight excluding hydrogens is 332 g/mol. The number of esters is 2. The smallest absolute Gasteiger partial charge is 0.339 e. The Morgan fingerprint density at radius 2 is 1.19 bits per heavy atom.